The van der Waals surface area contributed by atoms with Gasteiger partial charge in [0.1, 0.15) is 11.8 Å². The summed E-state index contributed by atoms with van der Waals surface area (Å²) in [6.45, 7) is 8.50. The summed E-state index contributed by atoms with van der Waals surface area (Å²) in [4.78, 5) is 36.3. The van der Waals surface area contributed by atoms with Gasteiger partial charge in [-0.1, -0.05) is 20.8 Å². The van der Waals surface area contributed by atoms with E-state index in [2.05, 4.69) is 16.0 Å². The van der Waals surface area contributed by atoms with Crippen LogP contribution in [0.25, 0.3) is 0 Å². The van der Waals surface area contributed by atoms with Crippen LogP contribution >= 0.6 is 0 Å². The highest BCUT2D eigenvalue weighted by molar-refractivity contribution is 5.98. The monoisotopic (exact) mass is 363 g/mol. The Morgan fingerprint density at radius 3 is 2.23 bits per heavy atom. The molecule has 0 aliphatic carbocycles. The fourth-order valence-corrected chi connectivity index (χ4v) is 2.23. The van der Waals surface area contributed by atoms with E-state index in [4.69, 9.17) is 4.74 Å². The maximum Gasteiger partial charge on any atom is 0.251 e. The Morgan fingerprint density at radius 2 is 1.69 bits per heavy atom. The van der Waals surface area contributed by atoms with Gasteiger partial charge in [0.2, 0.25) is 11.8 Å². The van der Waals surface area contributed by atoms with Crippen LogP contribution in [-0.4, -0.2) is 43.5 Å². The zero-order valence-corrected chi connectivity index (χ0v) is 15.9. The number of ether oxygens (including phenoxy) is 1. The zero-order chi connectivity index (χ0) is 19.5. The van der Waals surface area contributed by atoms with Crippen LogP contribution in [0.2, 0.25) is 0 Å². The van der Waals surface area contributed by atoms with Crippen molar-refractivity contribution >= 4 is 17.7 Å². The maximum atomic E-state index is 12.4. The molecule has 1 rings (SSSR count). The molecule has 7 heteroatoms. The molecule has 144 valence electrons. The first-order valence-electron chi connectivity index (χ1n) is 8.97. The third kappa shape index (κ3) is 7.13. The van der Waals surface area contributed by atoms with Crippen LogP contribution in [-0.2, 0) is 9.59 Å². The number of carbonyl (C=O) groups excluding carboxylic acids is 3. The van der Waals surface area contributed by atoms with E-state index >= 15 is 0 Å². The van der Waals surface area contributed by atoms with E-state index in [1.165, 1.54) is 0 Å². The van der Waals surface area contributed by atoms with Gasteiger partial charge in [0.05, 0.1) is 13.2 Å². The van der Waals surface area contributed by atoms with Crippen molar-refractivity contribution in [1.29, 1.82) is 0 Å². The van der Waals surface area contributed by atoms with Gasteiger partial charge in [0, 0.05) is 12.1 Å². The van der Waals surface area contributed by atoms with Crippen LogP contribution in [0.3, 0.4) is 0 Å². The lowest BCUT2D eigenvalue weighted by Crippen LogP contribution is -2.51. The molecule has 0 aromatic heterocycles. The molecule has 0 aliphatic rings. The molecule has 0 aliphatic heterocycles. The molecule has 0 spiro atoms. The fraction of sp³-hybridized carbons (Fsp3) is 0.526. The molecule has 26 heavy (non-hydrogen) atoms. The molecule has 1 aromatic rings. The number of benzene rings is 1. The van der Waals surface area contributed by atoms with Gasteiger partial charge in [0.15, 0.2) is 0 Å². The average Bonchev–Trinajstić information content (AvgIpc) is 2.62. The predicted molar refractivity (Wildman–Crippen MR) is 100 cm³/mol. The third-order valence-electron chi connectivity index (χ3n) is 3.66. The zero-order valence-electron chi connectivity index (χ0n) is 15.9. The molecule has 0 saturated heterocycles. The largest absolute Gasteiger partial charge is 0.494 e. The number of hydrogen-bond donors (Lipinski definition) is 3. The second-order valence-corrected chi connectivity index (χ2v) is 6.22. The Labute approximate surface area is 154 Å². The van der Waals surface area contributed by atoms with E-state index in [0.717, 1.165) is 6.42 Å². The van der Waals surface area contributed by atoms with E-state index in [1.54, 1.807) is 24.3 Å². The third-order valence-corrected chi connectivity index (χ3v) is 3.66. The van der Waals surface area contributed by atoms with Crippen molar-refractivity contribution in [1.82, 2.24) is 16.0 Å². The standard InChI is InChI=1S/C19H29N3O4/c1-5-11-20-16(23)12-21-19(25)17(13(3)4)22-18(24)14-7-9-15(10-8-14)26-6-2/h7-10,13,17H,5-6,11-12H2,1-4H3,(H,20,23)(H,21,25)(H,22,24)/t17-/m0/s1. The predicted octanol–water partition coefficient (Wildman–Crippen LogP) is 1.48. The van der Waals surface area contributed by atoms with Gasteiger partial charge in [-0.15, -0.1) is 0 Å². The van der Waals surface area contributed by atoms with E-state index in [1.807, 2.05) is 27.7 Å². The number of carbonyl (C=O) groups is 3. The minimum Gasteiger partial charge on any atom is -0.494 e. The van der Waals surface area contributed by atoms with E-state index < -0.39 is 6.04 Å². The molecule has 3 N–H and O–H groups in total. The summed E-state index contributed by atoms with van der Waals surface area (Å²) >= 11 is 0. The van der Waals surface area contributed by atoms with Crippen LogP contribution in [0.15, 0.2) is 24.3 Å². The Balaban J connectivity index is 2.64. The molecule has 0 radical (unpaired) electrons. The average molecular weight is 363 g/mol. The quantitative estimate of drug-likeness (QED) is 0.587. The Kier molecular flexibility index (Phi) is 9.19. The number of amides is 3. The smallest absolute Gasteiger partial charge is 0.251 e. The second-order valence-electron chi connectivity index (χ2n) is 6.22. The lowest BCUT2D eigenvalue weighted by atomic mass is 10.0. The van der Waals surface area contributed by atoms with Gasteiger partial charge in [-0.2, -0.15) is 0 Å². The Hall–Kier alpha value is -2.57. The number of nitrogens with one attached hydrogen (secondary N) is 3. The summed E-state index contributed by atoms with van der Waals surface area (Å²) in [5, 5.41) is 7.98. The van der Waals surface area contributed by atoms with Gasteiger partial charge in [0.25, 0.3) is 5.91 Å². The lowest BCUT2D eigenvalue weighted by molar-refractivity contribution is -0.127. The van der Waals surface area contributed by atoms with E-state index in [-0.39, 0.29) is 30.2 Å². The molecule has 7 nitrogen and oxygen atoms in total. The summed E-state index contributed by atoms with van der Waals surface area (Å²) in [6, 6.07) is 5.98. The topological polar surface area (TPSA) is 96.5 Å². The summed E-state index contributed by atoms with van der Waals surface area (Å²) in [7, 11) is 0. The molecular weight excluding hydrogens is 334 g/mol. The molecular formula is C19H29N3O4. The van der Waals surface area contributed by atoms with Crippen LogP contribution in [0, 0.1) is 5.92 Å². The molecule has 0 bridgehead atoms. The highest BCUT2D eigenvalue weighted by Gasteiger charge is 2.25. The maximum absolute atomic E-state index is 12.4. The first-order chi connectivity index (χ1) is 12.4. The summed E-state index contributed by atoms with van der Waals surface area (Å²) in [6.07, 6.45) is 0.826. The SMILES string of the molecule is CCCNC(=O)CNC(=O)[C@@H](NC(=O)c1ccc(OCC)cc1)C(C)C. The second kappa shape index (κ2) is 11.1. The molecule has 0 saturated carbocycles. The number of hydrogen-bond acceptors (Lipinski definition) is 4. The van der Waals surface area contributed by atoms with Crippen molar-refractivity contribution < 1.29 is 19.1 Å². The van der Waals surface area contributed by atoms with Crippen LogP contribution in [0.4, 0.5) is 0 Å². The van der Waals surface area contributed by atoms with Crippen molar-refractivity contribution in [3.8, 4) is 5.75 Å². The van der Waals surface area contributed by atoms with Crippen LogP contribution < -0.4 is 20.7 Å². The van der Waals surface area contributed by atoms with Gasteiger partial charge in [-0.05, 0) is 43.5 Å². The van der Waals surface area contributed by atoms with Crippen LogP contribution in [0.5, 0.6) is 5.75 Å². The van der Waals surface area contributed by atoms with E-state index in [0.29, 0.717) is 24.5 Å². The highest BCUT2D eigenvalue weighted by atomic mass is 16.5. The summed E-state index contributed by atoms with van der Waals surface area (Å²) in [5.74, 6) is -0.426. The minimum atomic E-state index is -0.729. The molecule has 1 atom stereocenters. The van der Waals surface area contributed by atoms with Gasteiger partial charge in [-0.3, -0.25) is 14.4 Å². The number of rotatable bonds is 10. The molecule has 3 amide bonds. The first-order valence-corrected chi connectivity index (χ1v) is 8.97. The molecule has 1 aromatic carbocycles. The highest BCUT2D eigenvalue weighted by Crippen LogP contribution is 2.12. The molecule has 0 heterocycles. The van der Waals surface area contributed by atoms with Crippen molar-refractivity contribution in [2.24, 2.45) is 5.92 Å². The van der Waals surface area contributed by atoms with Crippen LogP contribution in [0.1, 0.15) is 44.5 Å². The Morgan fingerprint density at radius 1 is 1.04 bits per heavy atom. The van der Waals surface area contributed by atoms with Crippen molar-refractivity contribution in [3.63, 3.8) is 0 Å². The normalized spacial score (nSPS) is 11.6. The fourth-order valence-electron chi connectivity index (χ4n) is 2.23. The van der Waals surface area contributed by atoms with Gasteiger partial charge >= 0.3 is 0 Å². The van der Waals surface area contributed by atoms with Crippen molar-refractivity contribution in [2.45, 2.75) is 40.2 Å². The summed E-state index contributed by atoms with van der Waals surface area (Å²) < 4.78 is 5.35. The first kappa shape index (κ1) is 21.5. The lowest BCUT2D eigenvalue weighted by Gasteiger charge is -2.21. The van der Waals surface area contributed by atoms with E-state index in [9.17, 15) is 14.4 Å². The van der Waals surface area contributed by atoms with Crippen molar-refractivity contribution in [2.75, 3.05) is 19.7 Å². The molecule has 0 fully saturated rings. The minimum absolute atomic E-state index is 0.110. The van der Waals surface area contributed by atoms with Gasteiger partial charge in [-0.25, -0.2) is 0 Å². The molecule has 0 unspecified atom stereocenters. The summed E-state index contributed by atoms with van der Waals surface area (Å²) in [5.41, 5.74) is 0.438. The Bertz CT molecular complexity index is 599. The van der Waals surface area contributed by atoms with Crippen molar-refractivity contribution in [3.05, 3.63) is 29.8 Å². The van der Waals surface area contributed by atoms with Gasteiger partial charge < -0.3 is 20.7 Å².